The zero-order valence-electron chi connectivity index (χ0n) is 19.5. The molecular formula is C24H30N6O2S. The van der Waals surface area contributed by atoms with E-state index in [4.69, 9.17) is 0 Å². The molecule has 2 N–H and O–H groups in total. The average Bonchev–Trinajstić information content (AvgIpc) is 3.22. The summed E-state index contributed by atoms with van der Waals surface area (Å²) in [5.74, 6) is 0.667. The minimum absolute atomic E-state index is 0.157. The quantitative estimate of drug-likeness (QED) is 0.428. The van der Waals surface area contributed by atoms with E-state index in [1.54, 1.807) is 24.3 Å². The molecule has 2 amide bonds. The minimum Gasteiger partial charge on any atom is -0.372 e. The highest BCUT2D eigenvalue weighted by molar-refractivity contribution is 7.99. The van der Waals surface area contributed by atoms with E-state index in [0.717, 1.165) is 24.5 Å². The Kier molecular flexibility index (Phi) is 8.48. The van der Waals surface area contributed by atoms with Gasteiger partial charge in [-0.25, -0.2) is 0 Å². The van der Waals surface area contributed by atoms with E-state index in [0.29, 0.717) is 23.1 Å². The summed E-state index contributed by atoms with van der Waals surface area (Å²) in [4.78, 5) is 26.0. The van der Waals surface area contributed by atoms with Crippen molar-refractivity contribution in [2.75, 3.05) is 34.4 Å². The average molecular weight is 467 g/mol. The van der Waals surface area contributed by atoms with E-state index in [2.05, 4.69) is 63.8 Å². The summed E-state index contributed by atoms with van der Waals surface area (Å²) >= 11 is 1.34. The lowest BCUT2D eigenvalue weighted by molar-refractivity contribution is -0.114. The molecule has 174 valence electrons. The third-order valence-electron chi connectivity index (χ3n) is 5.09. The Balaban J connectivity index is 1.66. The van der Waals surface area contributed by atoms with Crippen LogP contribution in [0.1, 0.15) is 27.7 Å². The minimum atomic E-state index is -0.161. The maximum Gasteiger partial charge on any atom is 0.234 e. The van der Waals surface area contributed by atoms with Crippen LogP contribution in [0.4, 0.5) is 17.1 Å². The predicted molar refractivity (Wildman–Crippen MR) is 135 cm³/mol. The van der Waals surface area contributed by atoms with Gasteiger partial charge in [-0.05, 0) is 63.2 Å². The molecule has 3 rings (SSSR count). The fourth-order valence-electron chi connectivity index (χ4n) is 3.51. The Bertz CT molecular complexity index is 1090. The van der Waals surface area contributed by atoms with Gasteiger partial charge in [0, 0.05) is 49.2 Å². The Morgan fingerprint density at radius 2 is 1.64 bits per heavy atom. The highest BCUT2D eigenvalue weighted by atomic mass is 32.2. The third-order valence-corrected chi connectivity index (χ3v) is 6.05. The molecule has 0 bridgehead atoms. The molecule has 0 saturated heterocycles. The number of rotatable bonds is 10. The first-order chi connectivity index (χ1) is 15.9. The highest BCUT2D eigenvalue weighted by Gasteiger charge is 2.15. The summed E-state index contributed by atoms with van der Waals surface area (Å²) in [6.45, 7) is 10.4. The number of nitrogens with zero attached hydrogens (tertiary/aromatic N) is 4. The molecule has 2 aromatic carbocycles. The maximum atomic E-state index is 12.5. The molecular weight excluding hydrogens is 436 g/mol. The van der Waals surface area contributed by atoms with Crippen molar-refractivity contribution < 1.29 is 9.59 Å². The summed E-state index contributed by atoms with van der Waals surface area (Å²) in [5, 5.41) is 15.0. The molecule has 9 heteroatoms. The summed E-state index contributed by atoms with van der Waals surface area (Å²) in [6.07, 6.45) is 0. The Labute approximate surface area is 198 Å². The number of carbonyl (C=O) groups is 2. The number of nitrogens with one attached hydrogen (secondary N) is 2. The molecule has 0 aliphatic rings. The van der Waals surface area contributed by atoms with E-state index in [1.807, 2.05) is 11.5 Å². The van der Waals surface area contributed by atoms with Crippen molar-refractivity contribution in [1.29, 1.82) is 0 Å². The van der Waals surface area contributed by atoms with Crippen LogP contribution in [0.25, 0.3) is 11.4 Å². The van der Waals surface area contributed by atoms with Crippen LogP contribution in [-0.4, -0.2) is 45.4 Å². The summed E-state index contributed by atoms with van der Waals surface area (Å²) < 4.78 is 2.02. The summed E-state index contributed by atoms with van der Waals surface area (Å²) in [7, 11) is 0. The topological polar surface area (TPSA) is 92.2 Å². The Hall–Kier alpha value is -3.33. The van der Waals surface area contributed by atoms with Gasteiger partial charge in [-0.2, -0.15) is 0 Å². The lowest BCUT2D eigenvalue weighted by Gasteiger charge is -2.21. The van der Waals surface area contributed by atoms with Gasteiger partial charge >= 0.3 is 0 Å². The number of anilines is 3. The molecule has 0 atom stereocenters. The van der Waals surface area contributed by atoms with E-state index in [9.17, 15) is 9.59 Å². The molecule has 8 nitrogen and oxygen atoms in total. The number of aromatic nitrogens is 3. The second kappa shape index (κ2) is 11.5. The van der Waals surface area contributed by atoms with Gasteiger partial charge in [-0.3, -0.25) is 9.59 Å². The van der Waals surface area contributed by atoms with Crippen LogP contribution in [0.2, 0.25) is 0 Å². The fraction of sp³-hybridized carbons (Fsp3) is 0.333. The van der Waals surface area contributed by atoms with E-state index in [1.165, 1.54) is 24.4 Å². The predicted octanol–water partition coefficient (Wildman–Crippen LogP) is 4.50. The fourth-order valence-corrected chi connectivity index (χ4v) is 4.31. The van der Waals surface area contributed by atoms with Gasteiger partial charge in [0.25, 0.3) is 0 Å². The van der Waals surface area contributed by atoms with Crippen molar-refractivity contribution in [3.8, 4) is 11.4 Å². The summed E-state index contributed by atoms with van der Waals surface area (Å²) in [5.41, 5.74) is 3.43. The number of benzene rings is 2. The molecule has 1 aromatic heterocycles. The van der Waals surface area contributed by atoms with Crippen molar-refractivity contribution in [3.63, 3.8) is 0 Å². The lowest BCUT2D eigenvalue weighted by Crippen LogP contribution is -2.21. The van der Waals surface area contributed by atoms with Gasteiger partial charge in [-0.1, -0.05) is 17.8 Å². The molecule has 1 heterocycles. The molecule has 0 spiro atoms. The number of carbonyl (C=O) groups excluding carboxylic acids is 2. The molecule has 33 heavy (non-hydrogen) atoms. The molecule has 0 saturated carbocycles. The molecule has 0 aliphatic carbocycles. The van der Waals surface area contributed by atoms with Gasteiger partial charge in [0.15, 0.2) is 11.0 Å². The Morgan fingerprint density at radius 1 is 0.970 bits per heavy atom. The largest absolute Gasteiger partial charge is 0.372 e. The SMILES string of the molecule is CCN(CC)c1ccc(-c2nnc(SCC(=O)Nc3cccc(NC(C)=O)c3)n2CC)cc1. The Morgan fingerprint density at radius 3 is 2.24 bits per heavy atom. The standard InChI is InChI=1S/C24H30N6O2S/c1-5-29(6-2)21-13-11-18(12-14-21)23-27-28-24(30(23)7-3)33-16-22(32)26-20-10-8-9-19(15-20)25-17(4)31/h8-15H,5-7,16H2,1-4H3,(H,25,31)(H,26,32). The normalized spacial score (nSPS) is 10.7. The van der Waals surface area contributed by atoms with Crippen LogP contribution in [-0.2, 0) is 16.1 Å². The smallest absolute Gasteiger partial charge is 0.234 e. The molecule has 0 fully saturated rings. The van der Waals surface area contributed by atoms with Gasteiger partial charge in [-0.15, -0.1) is 10.2 Å². The number of hydrogen-bond acceptors (Lipinski definition) is 6. The van der Waals surface area contributed by atoms with E-state index < -0.39 is 0 Å². The van der Waals surface area contributed by atoms with Crippen molar-refractivity contribution in [1.82, 2.24) is 14.8 Å². The van der Waals surface area contributed by atoms with Gasteiger partial charge in [0.2, 0.25) is 11.8 Å². The number of hydrogen-bond donors (Lipinski definition) is 2. The van der Waals surface area contributed by atoms with Crippen LogP contribution in [0.15, 0.2) is 53.7 Å². The van der Waals surface area contributed by atoms with Crippen molar-refractivity contribution >= 4 is 40.6 Å². The monoisotopic (exact) mass is 466 g/mol. The first-order valence-corrected chi connectivity index (χ1v) is 12.0. The van der Waals surface area contributed by atoms with Gasteiger partial charge in [0.05, 0.1) is 5.75 Å². The molecule has 3 aromatic rings. The number of amides is 2. The highest BCUT2D eigenvalue weighted by Crippen LogP contribution is 2.26. The molecule has 0 unspecified atom stereocenters. The lowest BCUT2D eigenvalue weighted by atomic mass is 10.2. The van der Waals surface area contributed by atoms with Crippen LogP contribution < -0.4 is 15.5 Å². The first-order valence-electron chi connectivity index (χ1n) is 11.0. The second-order valence-corrected chi connectivity index (χ2v) is 8.31. The maximum absolute atomic E-state index is 12.5. The van der Waals surface area contributed by atoms with Gasteiger partial charge in [0.1, 0.15) is 0 Å². The van der Waals surface area contributed by atoms with E-state index in [-0.39, 0.29) is 17.6 Å². The zero-order chi connectivity index (χ0) is 23.8. The van der Waals surface area contributed by atoms with Crippen molar-refractivity contribution in [2.45, 2.75) is 39.4 Å². The van der Waals surface area contributed by atoms with Crippen molar-refractivity contribution in [3.05, 3.63) is 48.5 Å². The van der Waals surface area contributed by atoms with Crippen LogP contribution in [0.3, 0.4) is 0 Å². The molecule has 0 aliphatic heterocycles. The van der Waals surface area contributed by atoms with Crippen molar-refractivity contribution in [2.24, 2.45) is 0 Å². The van der Waals surface area contributed by atoms with Crippen LogP contribution >= 0.6 is 11.8 Å². The first kappa shape index (κ1) is 24.3. The van der Waals surface area contributed by atoms with Gasteiger partial charge < -0.3 is 20.1 Å². The second-order valence-electron chi connectivity index (χ2n) is 7.37. The zero-order valence-corrected chi connectivity index (χ0v) is 20.3. The van der Waals surface area contributed by atoms with Crippen LogP contribution in [0.5, 0.6) is 0 Å². The third kappa shape index (κ3) is 6.35. The van der Waals surface area contributed by atoms with E-state index >= 15 is 0 Å². The number of thioether (sulfide) groups is 1. The molecule has 0 radical (unpaired) electrons. The summed E-state index contributed by atoms with van der Waals surface area (Å²) in [6, 6.07) is 15.4. The van der Waals surface area contributed by atoms with Crippen LogP contribution in [0, 0.1) is 0 Å².